The molecule has 8 aromatic rings. The van der Waals surface area contributed by atoms with Crippen LogP contribution in [0.4, 0.5) is 11.4 Å². The van der Waals surface area contributed by atoms with Gasteiger partial charge < -0.3 is 4.90 Å². The van der Waals surface area contributed by atoms with E-state index in [9.17, 15) is 0 Å². The summed E-state index contributed by atoms with van der Waals surface area (Å²) in [6.45, 7) is 4.74. The van der Waals surface area contributed by atoms with Crippen LogP contribution in [0, 0.1) is 5.92 Å². The lowest BCUT2D eigenvalue weighted by Gasteiger charge is -2.34. The van der Waals surface area contributed by atoms with Crippen LogP contribution in [0.5, 0.6) is 0 Å². The van der Waals surface area contributed by atoms with Crippen LogP contribution in [-0.2, 0) is 11.8 Å². The number of hydrogen-bond acceptors (Lipinski definition) is 3. The number of benzene rings is 6. The molecular formula is C48H36N4. The lowest BCUT2D eigenvalue weighted by atomic mass is 9.71. The van der Waals surface area contributed by atoms with Gasteiger partial charge in [-0.2, -0.15) is 0 Å². The molecule has 2 aromatic heterocycles. The molecule has 0 N–H and O–H groups in total. The van der Waals surface area contributed by atoms with Gasteiger partial charge in [-0.3, -0.25) is 4.57 Å². The maximum Gasteiger partial charge on any atom is 0.164 e. The number of anilines is 2. The average molecular weight is 669 g/mol. The second-order valence-corrected chi connectivity index (χ2v) is 14.9. The summed E-state index contributed by atoms with van der Waals surface area (Å²) in [7, 11) is 0. The first-order chi connectivity index (χ1) is 25.6. The van der Waals surface area contributed by atoms with Crippen LogP contribution in [0.2, 0.25) is 0 Å². The number of rotatable bonds is 3. The number of nitrogens with zero attached hydrogens (tertiary/aromatic N) is 4. The Morgan fingerprint density at radius 1 is 0.692 bits per heavy atom. The van der Waals surface area contributed by atoms with Crippen molar-refractivity contribution in [1.29, 1.82) is 0 Å². The van der Waals surface area contributed by atoms with Crippen molar-refractivity contribution in [2.75, 3.05) is 4.90 Å². The first-order valence-electron chi connectivity index (χ1n) is 18.4. The van der Waals surface area contributed by atoms with Gasteiger partial charge in [-0.05, 0) is 106 Å². The van der Waals surface area contributed by atoms with Crippen molar-refractivity contribution < 1.29 is 0 Å². The van der Waals surface area contributed by atoms with E-state index < -0.39 is 0 Å². The van der Waals surface area contributed by atoms with Gasteiger partial charge in [-0.1, -0.05) is 116 Å². The molecule has 52 heavy (non-hydrogen) atoms. The van der Waals surface area contributed by atoms with E-state index in [0.717, 1.165) is 40.9 Å². The molecule has 0 radical (unpaired) electrons. The third-order valence-electron chi connectivity index (χ3n) is 11.7. The molecule has 0 saturated heterocycles. The Bertz CT molecular complexity index is 2890. The van der Waals surface area contributed by atoms with Gasteiger partial charge in [0.2, 0.25) is 0 Å². The number of hydrogen-bond donors (Lipinski definition) is 0. The van der Waals surface area contributed by atoms with Crippen molar-refractivity contribution >= 4 is 66.5 Å². The highest BCUT2D eigenvalue weighted by molar-refractivity contribution is 6.12. The summed E-state index contributed by atoms with van der Waals surface area (Å²) < 4.78 is 2.41. The fourth-order valence-corrected chi connectivity index (χ4v) is 9.36. The number of para-hydroxylation sites is 4. The van der Waals surface area contributed by atoms with E-state index in [1.165, 1.54) is 66.4 Å². The van der Waals surface area contributed by atoms with Crippen LogP contribution in [0.3, 0.4) is 0 Å². The van der Waals surface area contributed by atoms with Crippen molar-refractivity contribution in [3.8, 4) is 5.82 Å². The standard InChI is InChI=1S/C48H36N4/c1-30-13-12-15-32(27-30)46-47(50-40-21-10-9-20-39(40)49-46)52-41-22-11-8-19-36(41)38-29-48(2)44(28-43(38)52)51(33-16-4-3-5-17-33)42-26-25-35-34-18-7-6-14-31(34)23-24-37(35)45(42)48/h3-26,28,30H,27,29H2,1-2H3. The zero-order chi connectivity index (χ0) is 34.6. The van der Waals surface area contributed by atoms with Gasteiger partial charge in [-0.25, -0.2) is 9.97 Å². The monoisotopic (exact) mass is 668 g/mol. The molecule has 4 nitrogen and oxygen atoms in total. The van der Waals surface area contributed by atoms with Gasteiger partial charge in [0, 0.05) is 22.2 Å². The topological polar surface area (TPSA) is 34.0 Å². The SMILES string of the molecule is CC1C=CC=C(c2nc3ccccc3nc2-n2c3c(c4ccccc42)CC2(C)C(=C3)N(c3ccccc3)c3ccc4c(ccc5ccccc54)c32)C1. The maximum absolute atomic E-state index is 5.46. The zero-order valence-electron chi connectivity index (χ0n) is 29.2. The molecular weight excluding hydrogens is 633 g/mol. The van der Waals surface area contributed by atoms with Crippen LogP contribution >= 0.6 is 0 Å². The summed E-state index contributed by atoms with van der Waals surface area (Å²) in [4.78, 5) is 13.3. The van der Waals surface area contributed by atoms with Crippen LogP contribution < -0.4 is 4.90 Å². The normalized spacial score (nSPS) is 19.2. The smallest absolute Gasteiger partial charge is 0.164 e. The van der Waals surface area contributed by atoms with E-state index in [1.54, 1.807) is 0 Å². The second kappa shape index (κ2) is 10.9. The fraction of sp³-hybridized carbons (Fsp3) is 0.125. The third-order valence-corrected chi connectivity index (χ3v) is 11.7. The van der Waals surface area contributed by atoms with Gasteiger partial charge in [0.1, 0.15) is 5.69 Å². The molecule has 3 heterocycles. The van der Waals surface area contributed by atoms with Crippen LogP contribution in [0.25, 0.3) is 60.9 Å². The van der Waals surface area contributed by atoms with Crippen molar-refractivity contribution in [3.63, 3.8) is 0 Å². The maximum atomic E-state index is 5.46. The first kappa shape index (κ1) is 29.5. The minimum atomic E-state index is -0.279. The van der Waals surface area contributed by atoms with Crippen LogP contribution in [0.1, 0.15) is 42.8 Å². The van der Waals surface area contributed by atoms with Crippen LogP contribution in [-0.4, -0.2) is 14.5 Å². The van der Waals surface area contributed by atoms with Gasteiger partial charge in [-0.15, -0.1) is 0 Å². The molecule has 2 atom stereocenters. The molecule has 4 heteroatoms. The molecule has 2 aliphatic carbocycles. The predicted octanol–water partition coefficient (Wildman–Crippen LogP) is 11.9. The van der Waals surface area contributed by atoms with E-state index in [4.69, 9.17) is 9.97 Å². The Labute approximate surface area is 302 Å². The zero-order valence-corrected chi connectivity index (χ0v) is 29.2. The third kappa shape index (κ3) is 4.09. The number of allylic oxidation sites excluding steroid dienone is 5. The molecule has 0 amide bonds. The molecule has 0 saturated carbocycles. The highest BCUT2D eigenvalue weighted by atomic mass is 15.2. The van der Waals surface area contributed by atoms with E-state index in [1.807, 2.05) is 0 Å². The van der Waals surface area contributed by atoms with Crippen LogP contribution in [0.15, 0.2) is 151 Å². The lowest BCUT2D eigenvalue weighted by molar-refractivity contribution is 0.571. The highest BCUT2D eigenvalue weighted by Gasteiger charge is 2.49. The Morgan fingerprint density at radius 2 is 1.42 bits per heavy atom. The Balaban J connectivity index is 1.23. The Morgan fingerprint density at radius 3 is 2.27 bits per heavy atom. The summed E-state index contributed by atoms with van der Waals surface area (Å²) >= 11 is 0. The van der Waals surface area contributed by atoms with Gasteiger partial charge in [0.05, 0.1) is 27.9 Å². The summed E-state index contributed by atoms with van der Waals surface area (Å²) in [5.41, 5.74) is 12.5. The van der Waals surface area contributed by atoms with E-state index >= 15 is 0 Å². The van der Waals surface area contributed by atoms with Gasteiger partial charge in [0.15, 0.2) is 5.82 Å². The quantitative estimate of drug-likeness (QED) is 0.176. The minimum Gasteiger partial charge on any atom is -0.313 e. The van der Waals surface area contributed by atoms with Crippen molar-refractivity contribution in [1.82, 2.24) is 14.5 Å². The Hall–Kier alpha value is -6.26. The second-order valence-electron chi connectivity index (χ2n) is 14.9. The average Bonchev–Trinajstić information content (AvgIpc) is 3.64. The highest BCUT2D eigenvalue weighted by Crippen LogP contribution is 2.59. The summed E-state index contributed by atoms with van der Waals surface area (Å²) in [5, 5.41) is 6.47. The molecule has 3 aliphatic rings. The van der Waals surface area contributed by atoms with E-state index in [2.05, 4.69) is 175 Å². The van der Waals surface area contributed by atoms with Gasteiger partial charge in [0.25, 0.3) is 0 Å². The number of fused-ring (bicyclic) bond motifs is 11. The van der Waals surface area contributed by atoms with E-state index in [0.29, 0.717) is 5.92 Å². The largest absolute Gasteiger partial charge is 0.313 e. The molecule has 0 spiro atoms. The predicted molar refractivity (Wildman–Crippen MR) is 216 cm³/mol. The molecule has 6 aromatic carbocycles. The molecule has 11 rings (SSSR count). The van der Waals surface area contributed by atoms with Gasteiger partial charge >= 0.3 is 0 Å². The molecule has 248 valence electrons. The van der Waals surface area contributed by atoms with Crippen molar-refractivity contribution in [2.24, 2.45) is 5.92 Å². The molecule has 1 aliphatic heterocycles. The minimum absolute atomic E-state index is 0.279. The lowest BCUT2D eigenvalue weighted by Crippen LogP contribution is -2.31. The van der Waals surface area contributed by atoms with Crippen molar-refractivity contribution in [3.05, 3.63) is 174 Å². The molecule has 2 unspecified atom stereocenters. The molecule has 0 fully saturated rings. The molecule has 0 bridgehead atoms. The van der Waals surface area contributed by atoms with E-state index in [-0.39, 0.29) is 5.41 Å². The first-order valence-corrected chi connectivity index (χ1v) is 18.4. The summed E-state index contributed by atoms with van der Waals surface area (Å²) in [5.74, 6) is 1.33. The van der Waals surface area contributed by atoms with Crippen molar-refractivity contribution in [2.45, 2.75) is 32.1 Å². The fourth-order valence-electron chi connectivity index (χ4n) is 9.36. The Kier molecular flexibility index (Phi) is 6.16. The summed E-state index contributed by atoms with van der Waals surface area (Å²) in [6, 6.07) is 46.2. The summed E-state index contributed by atoms with van der Waals surface area (Å²) in [6.07, 6.45) is 10.9. The number of aromatic nitrogens is 3.